The van der Waals surface area contributed by atoms with Crippen LogP contribution in [0.15, 0.2) is 27.8 Å². The van der Waals surface area contributed by atoms with Crippen LogP contribution in [0, 0.1) is 5.82 Å². The van der Waals surface area contributed by atoms with Gasteiger partial charge in [0.05, 0.1) is 6.21 Å². The lowest BCUT2D eigenvalue weighted by Gasteiger charge is -2.01. The van der Waals surface area contributed by atoms with E-state index in [0.29, 0.717) is 12.0 Å². The Morgan fingerprint density at radius 3 is 2.85 bits per heavy atom. The molecule has 3 nitrogen and oxygen atoms in total. The maximum atomic E-state index is 13.4. The maximum absolute atomic E-state index is 13.4. The zero-order chi connectivity index (χ0) is 14.8. The number of amides is 1. The molecule has 0 unspecified atom stereocenters. The molecule has 0 heterocycles. The summed E-state index contributed by atoms with van der Waals surface area (Å²) in [5.41, 5.74) is 2.75. The quantitative estimate of drug-likeness (QED) is 0.424. The topological polar surface area (TPSA) is 41.5 Å². The fourth-order valence-electron chi connectivity index (χ4n) is 1.73. The number of carbonyl (C=O) groups is 1. The van der Waals surface area contributed by atoms with E-state index in [2.05, 4.69) is 33.4 Å². The molecule has 0 aromatic heterocycles. The molecule has 1 rings (SSSR count). The molecule has 0 saturated carbocycles. The van der Waals surface area contributed by atoms with E-state index < -0.39 is 0 Å². The highest BCUT2D eigenvalue weighted by molar-refractivity contribution is 9.10. The third-order valence-corrected chi connectivity index (χ3v) is 3.35. The van der Waals surface area contributed by atoms with Gasteiger partial charge in [0.25, 0.3) is 0 Å². The Bertz CT molecular complexity index is 463. The van der Waals surface area contributed by atoms with E-state index in [4.69, 9.17) is 0 Å². The largest absolute Gasteiger partial charge is 0.273 e. The van der Waals surface area contributed by atoms with Crippen LogP contribution >= 0.6 is 15.9 Å². The predicted molar refractivity (Wildman–Crippen MR) is 83.2 cm³/mol. The number of nitrogens with zero attached hydrogens (tertiary/aromatic N) is 1. The molecule has 0 aliphatic rings. The molecule has 1 N–H and O–H groups in total. The second-order valence-corrected chi connectivity index (χ2v) is 5.54. The second-order valence-electron chi connectivity index (χ2n) is 4.62. The molecule has 1 aromatic carbocycles. The lowest BCUT2D eigenvalue weighted by Crippen LogP contribution is -2.17. The standard InChI is InChI=1S/C15H20BrFN2O/c1-2-3-4-5-6-7-15(20)19-18-11-12-10-13(16)8-9-14(12)17/h8-11H,2-7H2,1H3,(H,19,20)/b18-11+. The van der Waals surface area contributed by atoms with E-state index >= 15 is 0 Å². The van der Waals surface area contributed by atoms with E-state index in [1.165, 1.54) is 25.1 Å². The number of hydrazone groups is 1. The molecular weight excluding hydrogens is 323 g/mol. The summed E-state index contributed by atoms with van der Waals surface area (Å²) in [5.74, 6) is -0.501. The van der Waals surface area contributed by atoms with Crippen LogP contribution in [-0.4, -0.2) is 12.1 Å². The van der Waals surface area contributed by atoms with Crippen LogP contribution in [0.25, 0.3) is 0 Å². The van der Waals surface area contributed by atoms with Gasteiger partial charge in [-0.2, -0.15) is 5.10 Å². The Morgan fingerprint density at radius 1 is 1.35 bits per heavy atom. The zero-order valence-corrected chi connectivity index (χ0v) is 13.2. The van der Waals surface area contributed by atoms with Crippen molar-refractivity contribution in [2.45, 2.75) is 45.4 Å². The smallest absolute Gasteiger partial charge is 0.240 e. The highest BCUT2D eigenvalue weighted by Crippen LogP contribution is 2.13. The van der Waals surface area contributed by atoms with Gasteiger partial charge in [0, 0.05) is 16.5 Å². The molecule has 0 atom stereocenters. The van der Waals surface area contributed by atoms with Gasteiger partial charge in [0.1, 0.15) is 5.82 Å². The molecule has 0 saturated heterocycles. The first-order chi connectivity index (χ1) is 9.63. The van der Waals surface area contributed by atoms with E-state index in [9.17, 15) is 9.18 Å². The summed E-state index contributed by atoms with van der Waals surface area (Å²) in [7, 11) is 0. The number of halogens is 2. The molecule has 1 aromatic rings. The molecule has 1 amide bonds. The minimum absolute atomic E-state index is 0.131. The summed E-state index contributed by atoms with van der Waals surface area (Å²) < 4.78 is 14.2. The van der Waals surface area contributed by atoms with E-state index in [1.807, 2.05) is 0 Å². The first-order valence-electron chi connectivity index (χ1n) is 6.90. The first-order valence-corrected chi connectivity index (χ1v) is 7.69. The van der Waals surface area contributed by atoms with Gasteiger partial charge in [0.2, 0.25) is 5.91 Å². The Hall–Kier alpha value is -1.23. The van der Waals surface area contributed by atoms with Crippen LogP contribution in [-0.2, 0) is 4.79 Å². The molecular formula is C15H20BrFN2O. The monoisotopic (exact) mass is 342 g/mol. The summed E-state index contributed by atoms with van der Waals surface area (Å²) in [5, 5.41) is 3.77. The van der Waals surface area contributed by atoms with Gasteiger partial charge in [-0.1, -0.05) is 48.5 Å². The third kappa shape index (κ3) is 6.80. The predicted octanol–water partition coefficient (Wildman–Crippen LogP) is 4.40. The number of benzene rings is 1. The van der Waals surface area contributed by atoms with Crippen molar-refractivity contribution < 1.29 is 9.18 Å². The lowest BCUT2D eigenvalue weighted by molar-refractivity contribution is -0.121. The minimum Gasteiger partial charge on any atom is -0.273 e. The number of unbranched alkanes of at least 4 members (excludes halogenated alkanes) is 4. The number of hydrogen-bond acceptors (Lipinski definition) is 2. The summed E-state index contributed by atoms with van der Waals surface area (Å²) in [6.45, 7) is 2.16. The molecule has 0 fully saturated rings. The molecule has 0 bridgehead atoms. The van der Waals surface area contributed by atoms with E-state index in [0.717, 1.165) is 23.7 Å². The Labute approximate surface area is 127 Å². The fourth-order valence-corrected chi connectivity index (χ4v) is 2.11. The van der Waals surface area contributed by atoms with Crippen LogP contribution in [0.1, 0.15) is 51.0 Å². The van der Waals surface area contributed by atoms with Gasteiger partial charge >= 0.3 is 0 Å². The third-order valence-electron chi connectivity index (χ3n) is 2.86. The van der Waals surface area contributed by atoms with Crippen molar-refractivity contribution in [2.24, 2.45) is 5.10 Å². The average molecular weight is 343 g/mol. The molecule has 0 spiro atoms. The van der Waals surface area contributed by atoms with E-state index in [-0.39, 0.29) is 11.7 Å². The highest BCUT2D eigenvalue weighted by atomic mass is 79.9. The SMILES string of the molecule is CCCCCCCC(=O)N/N=C/c1cc(Br)ccc1F. The molecule has 0 aliphatic carbocycles. The van der Waals surface area contributed by atoms with Crippen LogP contribution in [0.4, 0.5) is 4.39 Å². The van der Waals surface area contributed by atoms with Crippen molar-refractivity contribution in [3.63, 3.8) is 0 Å². The molecule has 0 aliphatic heterocycles. The maximum Gasteiger partial charge on any atom is 0.240 e. The lowest BCUT2D eigenvalue weighted by atomic mass is 10.1. The Morgan fingerprint density at radius 2 is 2.10 bits per heavy atom. The number of rotatable bonds is 8. The second kappa shape index (κ2) is 9.64. The van der Waals surface area contributed by atoms with Crippen LogP contribution in [0.5, 0.6) is 0 Å². The van der Waals surface area contributed by atoms with Crippen LogP contribution in [0.2, 0.25) is 0 Å². The zero-order valence-electron chi connectivity index (χ0n) is 11.7. The van der Waals surface area contributed by atoms with Crippen molar-refractivity contribution in [3.8, 4) is 0 Å². The molecule has 110 valence electrons. The van der Waals surface area contributed by atoms with Crippen molar-refractivity contribution in [2.75, 3.05) is 0 Å². The van der Waals surface area contributed by atoms with Gasteiger partial charge in [-0.05, 0) is 24.6 Å². The van der Waals surface area contributed by atoms with E-state index in [1.54, 1.807) is 12.1 Å². The Balaban J connectivity index is 2.29. The summed E-state index contributed by atoms with van der Waals surface area (Å²) in [6, 6.07) is 4.57. The average Bonchev–Trinajstić information content (AvgIpc) is 2.42. The van der Waals surface area contributed by atoms with Gasteiger partial charge in [-0.15, -0.1) is 0 Å². The first kappa shape index (κ1) is 16.8. The normalized spacial score (nSPS) is 10.9. The van der Waals surface area contributed by atoms with Crippen molar-refractivity contribution >= 4 is 28.1 Å². The number of hydrogen-bond donors (Lipinski definition) is 1. The van der Waals surface area contributed by atoms with Crippen molar-refractivity contribution in [1.82, 2.24) is 5.43 Å². The van der Waals surface area contributed by atoms with Gasteiger partial charge in [0.15, 0.2) is 0 Å². The molecule has 0 radical (unpaired) electrons. The van der Waals surface area contributed by atoms with Crippen LogP contribution < -0.4 is 5.43 Å². The van der Waals surface area contributed by atoms with Crippen LogP contribution in [0.3, 0.4) is 0 Å². The number of carbonyl (C=O) groups excluding carboxylic acids is 1. The Kier molecular flexibility index (Phi) is 8.11. The summed E-state index contributed by atoms with van der Waals surface area (Å²) in [6.07, 6.45) is 7.27. The summed E-state index contributed by atoms with van der Waals surface area (Å²) >= 11 is 3.26. The number of nitrogens with one attached hydrogen (secondary N) is 1. The molecule has 5 heteroatoms. The highest BCUT2D eigenvalue weighted by Gasteiger charge is 2.01. The molecule has 20 heavy (non-hydrogen) atoms. The fraction of sp³-hybridized carbons (Fsp3) is 0.467. The minimum atomic E-state index is -0.370. The summed E-state index contributed by atoms with van der Waals surface area (Å²) in [4.78, 5) is 11.5. The van der Waals surface area contributed by atoms with Gasteiger partial charge in [-0.25, -0.2) is 9.82 Å². The van der Waals surface area contributed by atoms with Crippen molar-refractivity contribution in [3.05, 3.63) is 34.1 Å². The van der Waals surface area contributed by atoms with Crippen molar-refractivity contribution in [1.29, 1.82) is 0 Å². The van der Waals surface area contributed by atoms with Gasteiger partial charge in [-0.3, -0.25) is 4.79 Å². The van der Waals surface area contributed by atoms with Gasteiger partial charge < -0.3 is 0 Å².